The van der Waals surface area contributed by atoms with E-state index in [2.05, 4.69) is 11.4 Å². The lowest BCUT2D eigenvalue weighted by atomic mass is 9.98. The Morgan fingerprint density at radius 3 is 2.61 bits per heavy atom. The molecular weight excluding hydrogens is 294 g/mol. The highest BCUT2D eigenvalue weighted by atomic mass is 16.2. The van der Waals surface area contributed by atoms with Gasteiger partial charge in [0.1, 0.15) is 6.04 Å². The second-order valence-corrected chi connectivity index (χ2v) is 6.39. The Labute approximate surface area is 133 Å². The Morgan fingerprint density at radius 2 is 1.96 bits per heavy atom. The fourth-order valence-electron chi connectivity index (χ4n) is 3.47. The summed E-state index contributed by atoms with van der Waals surface area (Å²) < 4.78 is 0. The second kappa shape index (κ2) is 4.92. The lowest BCUT2D eigenvalue weighted by Gasteiger charge is -2.29. The average molecular weight is 309 g/mol. The highest BCUT2D eigenvalue weighted by molar-refractivity contribution is 6.06. The van der Waals surface area contributed by atoms with Crippen molar-refractivity contribution in [3.05, 3.63) is 34.4 Å². The molecule has 1 saturated heterocycles. The first kappa shape index (κ1) is 13.9. The molecule has 6 nitrogen and oxygen atoms in total. The van der Waals surface area contributed by atoms with E-state index in [9.17, 15) is 19.6 Å². The van der Waals surface area contributed by atoms with Crippen molar-refractivity contribution in [1.82, 2.24) is 10.2 Å². The van der Waals surface area contributed by atoms with E-state index in [1.165, 1.54) is 4.90 Å². The predicted octanol–water partition coefficient (Wildman–Crippen LogP) is 1.20. The summed E-state index contributed by atoms with van der Waals surface area (Å²) in [6.45, 7) is 0.329. The summed E-state index contributed by atoms with van der Waals surface area (Å²) in [7, 11) is 0. The Hall–Kier alpha value is -2.68. The van der Waals surface area contributed by atoms with E-state index in [1.54, 1.807) is 0 Å². The van der Waals surface area contributed by atoms with Gasteiger partial charge in [0.25, 0.3) is 5.91 Å². The van der Waals surface area contributed by atoms with Gasteiger partial charge in [0, 0.05) is 13.0 Å². The molecule has 1 aromatic rings. The fraction of sp³-hybridized carbons (Fsp3) is 0.412. The molecule has 4 rings (SSSR count). The molecule has 0 bridgehead atoms. The van der Waals surface area contributed by atoms with E-state index in [1.807, 2.05) is 12.1 Å². The molecule has 6 heteroatoms. The zero-order valence-corrected chi connectivity index (χ0v) is 12.5. The van der Waals surface area contributed by atoms with E-state index in [-0.39, 0.29) is 18.2 Å². The number of rotatable bonds is 2. The van der Waals surface area contributed by atoms with Gasteiger partial charge in [-0.15, -0.1) is 0 Å². The highest BCUT2D eigenvalue weighted by Crippen LogP contribution is 2.42. The van der Waals surface area contributed by atoms with E-state index < -0.39 is 11.9 Å². The molecule has 3 amide bonds. The fourth-order valence-corrected chi connectivity index (χ4v) is 3.47. The molecule has 116 valence electrons. The van der Waals surface area contributed by atoms with Crippen LogP contribution in [0.2, 0.25) is 0 Å². The molecule has 1 N–H and O–H groups in total. The Balaban J connectivity index is 1.69. The van der Waals surface area contributed by atoms with Crippen LogP contribution in [0.5, 0.6) is 0 Å². The third-order valence-electron chi connectivity index (χ3n) is 4.81. The quantitative estimate of drug-likeness (QED) is 0.831. The van der Waals surface area contributed by atoms with Crippen LogP contribution in [0.3, 0.4) is 0 Å². The van der Waals surface area contributed by atoms with Crippen LogP contribution in [0.25, 0.3) is 0 Å². The maximum Gasteiger partial charge on any atom is 0.256 e. The standard InChI is InChI=1S/C17H15N3O3/c18-7-11-5-10(9-1-2-9)6-12-8-20(17(23)15(11)12)13-3-4-14(21)19-16(13)22/h5-6,9,13H,1-4,8H2,(H,19,21,22). The van der Waals surface area contributed by atoms with Gasteiger partial charge in [-0.1, -0.05) is 6.07 Å². The van der Waals surface area contributed by atoms with Gasteiger partial charge in [0.2, 0.25) is 11.8 Å². The number of hydrogen-bond acceptors (Lipinski definition) is 4. The molecule has 0 spiro atoms. The van der Waals surface area contributed by atoms with Gasteiger partial charge in [-0.3, -0.25) is 19.7 Å². The number of nitriles is 1. The van der Waals surface area contributed by atoms with Crippen molar-refractivity contribution >= 4 is 17.7 Å². The van der Waals surface area contributed by atoms with Crippen molar-refractivity contribution in [2.45, 2.75) is 44.2 Å². The summed E-state index contributed by atoms with van der Waals surface area (Å²) in [4.78, 5) is 37.5. The minimum absolute atomic E-state index is 0.231. The van der Waals surface area contributed by atoms with E-state index in [0.717, 1.165) is 24.0 Å². The van der Waals surface area contributed by atoms with Gasteiger partial charge < -0.3 is 4.90 Å². The van der Waals surface area contributed by atoms with Gasteiger partial charge in [0.05, 0.1) is 17.2 Å². The molecule has 1 saturated carbocycles. The van der Waals surface area contributed by atoms with Gasteiger partial charge in [-0.05, 0) is 42.4 Å². The van der Waals surface area contributed by atoms with Crippen molar-refractivity contribution in [3.8, 4) is 6.07 Å². The molecule has 23 heavy (non-hydrogen) atoms. The van der Waals surface area contributed by atoms with Crippen LogP contribution in [0.1, 0.15) is 58.6 Å². The predicted molar refractivity (Wildman–Crippen MR) is 79.2 cm³/mol. The summed E-state index contributed by atoms with van der Waals surface area (Å²) >= 11 is 0. The van der Waals surface area contributed by atoms with Crippen LogP contribution in [-0.4, -0.2) is 28.7 Å². The summed E-state index contributed by atoms with van der Waals surface area (Å²) in [6.07, 6.45) is 2.81. The number of imide groups is 1. The van der Waals surface area contributed by atoms with Gasteiger partial charge in [-0.25, -0.2) is 0 Å². The zero-order chi connectivity index (χ0) is 16.1. The molecule has 3 aliphatic rings. The topological polar surface area (TPSA) is 90.3 Å². The van der Waals surface area contributed by atoms with Crippen LogP contribution in [-0.2, 0) is 16.1 Å². The molecule has 2 heterocycles. The van der Waals surface area contributed by atoms with Crippen molar-refractivity contribution in [1.29, 1.82) is 5.26 Å². The SMILES string of the molecule is N#Cc1cc(C2CC2)cc2c1C(=O)N(C1CCC(=O)NC1=O)C2. The second-order valence-electron chi connectivity index (χ2n) is 6.39. The lowest BCUT2D eigenvalue weighted by molar-refractivity contribution is -0.136. The first-order valence-electron chi connectivity index (χ1n) is 7.80. The number of nitrogens with one attached hydrogen (secondary N) is 1. The van der Waals surface area contributed by atoms with E-state index in [0.29, 0.717) is 30.0 Å². The number of piperidine rings is 1. The summed E-state index contributed by atoms with van der Waals surface area (Å²) in [5, 5.41) is 11.7. The molecule has 1 unspecified atom stereocenters. The lowest BCUT2D eigenvalue weighted by Crippen LogP contribution is -2.52. The van der Waals surface area contributed by atoms with Crippen LogP contribution in [0.4, 0.5) is 0 Å². The molecule has 2 fully saturated rings. The third kappa shape index (κ3) is 2.20. The van der Waals surface area contributed by atoms with Crippen molar-refractivity contribution < 1.29 is 14.4 Å². The molecule has 1 aliphatic carbocycles. The van der Waals surface area contributed by atoms with Crippen LogP contribution in [0.15, 0.2) is 12.1 Å². The summed E-state index contributed by atoms with van der Waals surface area (Å²) in [5.74, 6) is -0.520. The first-order valence-corrected chi connectivity index (χ1v) is 7.80. The number of carbonyl (C=O) groups is 3. The molecular formula is C17H15N3O3. The van der Waals surface area contributed by atoms with Gasteiger partial charge in [0.15, 0.2) is 0 Å². The number of carbonyl (C=O) groups excluding carboxylic acids is 3. The number of nitrogens with zero attached hydrogens (tertiary/aromatic N) is 2. The average Bonchev–Trinajstić information content (AvgIpc) is 3.32. The molecule has 0 aromatic heterocycles. The smallest absolute Gasteiger partial charge is 0.256 e. The minimum Gasteiger partial charge on any atom is -0.322 e. The van der Waals surface area contributed by atoms with Crippen molar-refractivity contribution in [2.75, 3.05) is 0 Å². The first-order chi connectivity index (χ1) is 11.1. The molecule has 2 aliphatic heterocycles. The van der Waals surface area contributed by atoms with E-state index >= 15 is 0 Å². The van der Waals surface area contributed by atoms with Gasteiger partial charge in [-0.2, -0.15) is 5.26 Å². The van der Waals surface area contributed by atoms with Crippen LogP contribution in [0, 0.1) is 11.3 Å². The summed E-state index contributed by atoms with van der Waals surface area (Å²) in [5.41, 5.74) is 2.74. The number of benzene rings is 1. The van der Waals surface area contributed by atoms with Gasteiger partial charge >= 0.3 is 0 Å². The van der Waals surface area contributed by atoms with Crippen molar-refractivity contribution in [2.24, 2.45) is 0 Å². The number of amides is 3. The molecule has 1 aromatic carbocycles. The maximum atomic E-state index is 12.7. The number of fused-ring (bicyclic) bond motifs is 1. The van der Waals surface area contributed by atoms with Crippen LogP contribution < -0.4 is 5.32 Å². The van der Waals surface area contributed by atoms with E-state index in [4.69, 9.17) is 0 Å². The minimum atomic E-state index is -0.636. The Morgan fingerprint density at radius 1 is 1.17 bits per heavy atom. The maximum absolute atomic E-state index is 12.7. The van der Waals surface area contributed by atoms with Crippen LogP contribution >= 0.6 is 0 Å². The summed E-state index contributed by atoms with van der Waals surface area (Å²) in [6, 6.07) is 5.29. The molecule has 0 radical (unpaired) electrons. The highest BCUT2D eigenvalue weighted by Gasteiger charge is 2.41. The number of hydrogen-bond donors (Lipinski definition) is 1. The third-order valence-corrected chi connectivity index (χ3v) is 4.81. The van der Waals surface area contributed by atoms with Crippen molar-refractivity contribution in [3.63, 3.8) is 0 Å². The normalized spacial score (nSPS) is 23.5. The monoisotopic (exact) mass is 309 g/mol. The zero-order valence-electron chi connectivity index (χ0n) is 12.5. The molecule has 1 atom stereocenters. The Kier molecular flexibility index (Phi) is 2.98. The Bertz CT molecular complexity index is 789. The largest absolute Gasteiger partial charge is 0.322 e.